The molecule has 0 aliphatic carbocycles. The van der Waals surface area contributed by atoms with Crippen LogP contribution < -0.4 is 10.2 Å². The monoisotopic (exact) mass is 421 g/mol. The first-order chi connectivity index (χ1) is 15.1. The van der Waals surface area contributed by atoms with Crippen molar-refractivity contribution in [1.82, 2.24) is 14.9 Å². The van der Waals surface area contributed by atoms with E-state index in [1.54, 1.807) is 12.1 Å². The van der Waals surface area contributed by atoms with E-state index in [0.29, 0.717) is 5.95 Å². The van der Waals surface area contributed by atoms with E-state index in [0.717, 1.165) is 54.2 Å². The number of nitrogens with one attached hydrogen (secondary N) is 1. The standard InChI is InChI=1S/C25H35N5O/c1-3-6-22-18-14-19(23-7-4-5-12-30(22)23)16-29(15-18)24-13-17(2)26-25(28-24)27-20-8-10-21(31)11-9-20/h8-11,13,18-19,22-23,31H,3-7,12,14-16H2,1-2H3,(H,26,27,28)/t18-,19+,22-,23-/m0/s1. The fourth-order valence-electron chi connectivity index (χ4n) is 6.23. The van der Waals surface area contributed by atoms with Crippen molar-refractivity contribution in [3.05, 3.63) is 36.0 Å². The van der Waals surface area contributed by atoms with Gasteiger partial charge in [-0.2, -0.15) is 4.98 Å². The van der Waals surface area contributed by atoms with Gasteiger partial charge in [0.2, 0.25) is 5.95 Å². The second kappa shape index (κ2) is 8.65. The molecule has 2 N–H and O–H groups in total. The minimum absolute atomic E-state index is 0.259. The van der Waals surface area contributed by atoms with Crippen molar-refractivity contribution in [3.8, 4) is 5.75 Å². The fraction of sp³-hybridized carbons (Fsp3) is 0.600. The number of aromatic nitrogens is 2. The van der Waals surface area contributed by atoms with E-state index in [1.807, 2.05) is 19.1 Å². The highest BCUT2D eigenvalue weighted by Crippen LogP contribution is 2.43. The molecule has 1 aromatic heterocycles. The Balaban J connectivity index is 1.39. The Morgan fingerprint density at radius 3 is 2.71 bits per heavy atom. The van der Waals surface area contributed by atoms with E-state index >= 15 is 0 Å². The summed E-state index contributed by atoms with van der Waals surface area (Å²) in [5, 5.41) is 12.8. The van der Waals surface area contributed by atoms with E-state index in [1.165, 1.54) is 45.1 Å². The largest absolute Gasteiger partial charge is 0.508 e. The summed E-state index contributed by atoms with van der Waals surface area (Å²) >= 11 is 0. The molecule has 2 bridgehead atoms. The van der Waals surface area contributed by atoms with Crippen LogP contribution in [0.5, 0.6) is 5.75 Å². The van der Waals surface area contributed by atoms with Gasteiger partial charge < -0.3 is 15.3 Å². The second-order valence-corrected chi connectivity index (χ2v) is 9.68. The summed E-state index contributed by atoms with van der Waals surface area (Å²) in [6.45, 7) is 7.88. The van der Waals surface area contributed by atoms with Gasteiger partial charge in [0.25, 0.3) is 0 Å². The Morgan fingerprint density at radius 1 is 1.10 bits per heavy atom. The summed E-state index contributed by atoms with van der Waals surface area (Å²) in [5.74, 6) is 3.41. The molecule has 4 atom stereocenters. The molecule has 0 radical (unpaired) electrons. The quantitative estimate of drug-likeness (QED) is 0.682. The summed E-state index contributed by atoms with van der Waals surface area (Å²) in [5.41, 5.74) is 1.86. The normalized spacial score (nSPS) is 28.3. The average molecular weight is 422 g/mol. The highest BCUT2D eigenvalue weighted by Gasteiger charge is 2.46. The van der Waals surface area contributed by atoms with Crippen molar-refractivity contribution in [2.45, 2.75) is 64.5 Å². The molecule has 31 heavy (non-hydrogen) atoms. The van der Waals surface area contributed by atoms with Gasteiger partial charge in [0.15, 0.2) is 0 Å². The van der Waals surface area contributed by atoms with Crippen LogP contribution in [-0.2, 0) is 0 Å². The van der Waals surface area contributed by atoms with E-state index < -0.39 is 0 Å². The fourth-order valence-corrected chi connectivity index (χ4v) is 6.23. The minimum Gasteiger partial charge on any atom is -0.508 e. The molecule has 0 amide bonds. The maximum atomic E-state index is 9.53. The van der Waals surface area contributed by atoms with Gasteiger partial charge in [0, 0.05) is 42.6 Å². The number of rotatable bonds is 5. The zero-order valence-corrected chi connectivity index (χ0v) is 18.8. The van der Waals surface area contributed by atoms with E-state index in [4.69, 9.17) is 4.98 Å². The molecule has 3 saturated heterocycles. The van der Waals surface area contributed by atoms with Crippen molar-refractivity contribution >= 4 is 17.5 Å². The van der Waals surface area contributed by atoms with E-state index in [9.17, 15) is 5.11 Å². The number of fused-ring (bicyclic) bond motifs is 4. The molecule has 3 aliphatic rings. The molecule has 3 fully saturated rings. The molecular weight excluding hydrogens is 386 g/mol. The van der Waals surface area contributed by atoms with Crippen LogP contribution in [0, 0.1) is 18.8 Å². The van der Waals surface area contributed by atoms with Crippen LogP contribution in [0.3, 0.4) is 0 Å². The Bertz CT molecular complexity index is 901. The van der Waals surface area contributed by atoms with Crippen LogP contribution in [-0.4, -0.2) is 51.7 Å². The SMILES string of the molecule is CCC[C@H]1[C@H]2C[C@H](CN(c3cc(C)nc(Nc4ccc(O)cc4)n3)C2)[C@@H]2CCCCN21. The first kappa shape index (κ1) is 20.6. The Labute approximate surface area is 185 Å². The van der Waals surface area contributed by atoms with Crippen molar-refractivity contribution in [2.75, 3.05) is 29.9 Å². The zero-order chi connectivity index (χ0) is 21.4. The lowest BCUT2D eigenvalue weighted by molar-refractivity contribution is -0.0354. The van der Waals surface area contributed by atoms with Crippen molar-refractivity contribution < 1.29 is 5.11 Å². The molecule has 6 nitrogen and oxygen atoms in total. The zero-order valence-electron chi connectivity index (χ0n) is 18.8. The number of aryl methyl sites for hydroxylation is 1. The number of phenols is 1. The third-order valence-corrected chi connectivity index (χ3v) is 7.49. The summed E-state index contributed by atoms with van der Waals surface area (Å²) in [6, 6.07) is 10.7. The first-order valence-corrected chi connectivity index (χ1v) is 12.0. The summed E-state index contributed by atoms with van der Waals surface area (Å²) in [6.07, 6.45) is 8.08. The van der Waals surface area contributed by atoms with Crippen LogP contribution in [0.15, 0.2) is 30.3 Å². The second-order valence-electron chi connectivity index (χ2n) is 9.68. The molecule has 0 saturated carbocycles. The van der Waals surface area contributed by atoms with E-state index in [2.05, 4.69) is 33.1 Å². The maximum Gasteiger partial charge on any atom is 0.229 e. The van der Waals surface area contributed by atoms with Crippen LogP contribution in [0.4, 0.5) is 17.5 Å². The van der Waals surface area contributed by atoms with Gasteiger partial charge in [-0.1, -0.05) is 19.8 Å². The summed E-state index contributed by atoms with van der Waals surface area (Å²) in [7, 11) is 0. The third kappa shape index (κ3) is 4.22. The number of phenolic OH excluding ortho intramolecular Hbond substituents is 1. The average Bonchev–Trinajstić information content (AvgIpc) is 2.78. The lowest BCUT2D eigenvalue weighted by atomic mass is 9.71. The smallest absolute Gasteiger partial charge is 0.229 e. The van der Waals surface area contributed by atoms with Gasteiger partial charge in [0.1, 0.15) is 11.6 Å². The molecule has 5 rings (SSSR count). The molecule has 0 unspecified atom stereocenters. The molecule has 6 heteroatoms. The van der Waals surface area contributed by atoms with Gasteiger partial charge in [-0.15, -0.1) is 0 Å². The van der Waals surface area contributed by atoms with Crippen LogP contribution in [0.1, 0.15) is 51.1 Å². The van der Waals surface area contributed by atoms with E-state index in [-0.39, 0.29) is 5.75 Å². The maximum absolute atomic E-state index is 9.53. The van der Waals surface area contributed by atoms with Gasteiger partial charge in [-0.25, -0.2) is 4.98 Å². The topological polar surface area (TPSA) is 64.5 Å². The molecule has 3 aliphatic heterocycles. The number of benzene rings is 1. The number of piperidine rings is 3. The predicted molar refractivity (Wildman–Crippen MR) is 125 cm³/mol. The summed E-state index contributed by atoms with van der Waals surface area (Å²) < 4.78 is 0. The lowest BCUT2D eigenvalue weighted by Gasteiger charge is -2.57. The number of hydrogen-bond donors (Lipinski definition) is 2. The molecular formula is C25H35N5O. The van der Waals surface area contributed by atoms with Crippen molar-refractivity contribution in [3.63, 3.8) is 0 Å². The van der Waals surface area contributed by atoms with Crippen LogP contribution >= 0.6 is 0 Å². The Morgan fingerprint density at radius 2 is 1.90 bits per heavy atom. The van der Waals surface area contributed by atoms with Gasteiger partial charge in [-0.3, -0.25) is 4.90 Å². The lowest BCUT2D eigenvalue weighted by Crippen LogP contribution is -2.63. The van der Waals surface area contributed by atoms with Crippen LogP contribution in [0.2, 0.25) is 0 Å². The number of hydrogen-bond acceptors (Lipinski definition) is 6. The van der Waals surface area contributed by atoms with Gasteiger partial charge in [0.05, 0.1) is 0 Å². The summed E-state index contributed by atoms with van der Waals surface area (Å²) in [4.78, 5) is 14.9. The van der Waals surface area contributed by atoms with Gasteiger partial charge >= 0.3 is 0 Å². The Kier molecular flexibility index (Phi) is 5.74. The first-order valence-electron chi connectivity index (χ1n) is 12.0. The predicted octanol–water partition coefficient (Wildman–Crippen LogP) is 4.71. The number of anilines is 3. The molecule has 2 aromatic rings. The highest BCUT2D eigenvalue weighted by molar-refractivity contribution is 5.56. The number of aromatic hydroxyl groups is 1. The van der Waals surface area contributed by atoms with Crippen molar-refractivity contribution in [2.24, 2.45) is 11.8 Å². The van der Waals surface area contributed by atoms with Gasteiger partial charge in [-0.05, 0) is 75.3 Å². The molecule has 1 aromatic carbocycles. The highest BCUT2D eigenvalue weighted by atomic mass is 16.3. The number of nitrogens with zero attached hydrogens (tertiary/aromatic N) is 4. The third-order valence-electron chi connectivity index (χ3n) is 7.49. The minimum atomic E-state index is 0.259. The molecule has 0 spiro atoms. The molecule has 166 valence electrons. The Hall–Kier alpha value is -2.34. The van der Waals surface area contributed by atoms with Crippen molar-refractivity contribution in [1.29, 1.82) is 0 Å². The molecule has 4 heterocycles. The van der Waals surface area contributed by atoms with Crippen LogP contribution in [0.25, 0.3) is 0 Å².